The van der Waals surface area contributed by atoms with Crippen LogP contribution in [0.1, 0.15) is 15.9 Å². The smallest absolute Gasteiger partial charge is 0.416 e. The van der Waals surface area contributed by atoms with Gasteiger partial charge < -0.3 is 4.74 Å². The highest BCUT2D eigenvalue weighted by Crippen LogP contribution is 2.33. The van der Waals surface area contributed by atoms with Gasteiger partial charge in [-0.2, -0.15) is 13.2 Å². The number of aliphatic imine (C=N–C) groups is 1. The van der Waals surface area contributed by atoms with Gasteiger partial charge in [-0.3, -0.25) is 4.99 Å². The van der Waals surface area contributed by atoms with Crippen LogP contribution in [0.2, 0.25) is 0 Å². The van der Waals surface area contributed by atoms with E-state index >= 15 is 0 Å². The zero-order valence-electron chi connectivity index (χ0n) is 9.19. The number of rotatable bonds is 3. The quantitative estimate of drug-likeness (QED) is 0.483. The minimum atomic E-state index is -4.50. The van der Waals surface area contributed by atoms with Crippen molar-refractivity contribution in [1.82, 2.24) is 0 Å². The minimum absolute atomic E-state index is 0.0569. The molecule has 0 bridgehead atoms. The van der Waals surface area contributed by atoms with Gasteiger partial charge in [-0.1, -0.05) is 12.2 Å². The Balaban J connectivity index is 3.33. The van der Waals surface area contributed by atoms with Gasteiger partial charge >= 0.3 is 12.1 Å². The van der Waals surface area contributed by atoms with Crippen LogP contribution < -0.4 is 0 Å². The molecule has 0 saturated carbocycles. The van der Waals surface area contributed by atoms with Gasteiger partial charge in [-0.25, -0.2) is 4.79 Å². The van der Waals surface area contributed by atoms with Crippen molar-refractivity contribution >= 4 is 35.5 Å². The first-order valence-corrected chi connectivity index (χ1v) is 5.14. The van der Waals surface area contributed by atoms with Crippen LogP contribution in [0.5, 0.6) is 0 Å². The Kier molecular flexibility index (Phi) is 4.55. The highest BCUT2D eigenvalue weighted by molar-refractivity contribution is 7.80. The number of hydrogen-bond donors (Lipinski definition) is 0. The predicted molar refractivity (Wildman–Crippen MR) is 64.6 cm³/mol. The summed E-state index contributed by atoms with van der Waals surface area (Å²) in [6.45, 7) is 0. The third-order valence-electron chi connectivity index (χ3n) is 2.00. The number of ether oxygens (including phenoxy) is 1. The van der Waals surface area contributed by atoms with Crippen molar-refractivity contribution in [1.29, 1.82) is 0 Å². The molecule has 96 valence electrons. The number of halogens is 3. The van der Waals surface area contributed by atoms with Crippen molar-refractivity contribution in [3.63, 3.8) is 0 Å². The molecular weight excluding hydrogens is 267 g/mol. The number of carbonyl (C=O) groups excluding carboxylic acids is 1. The zero-order valence-corrected chi connectivity index (χ0v) is 10.0. The third-order valence-corrected chi connectivity index (χ3v) is 2.13. The molecular formula is C11H8F3NO2S. The molecule has 0 heterocycles. The van der Waals surface area contributed by atoms with Crippen LogP contribution in [-0.4, -0.2) is 24.7 Å². The van der Waals surface area contributed by atoms with E-state index in [1.54, 1.807) is 0 Å². The van der Waals surface area contributed by atoms with Crippen LogP contribution in [0.3, 0.4) is 0 Å². The van der Waals surface area contributed by atoms with Crippen molar-refractivity contribution in [3.05, 3.63) is 29.3 Å². The second-order valence-corrected chi connectivity index (χ2v) is 3.41. The maximum absolute atomic E-state index is 12.5. The summed E-state index contributed by atoms with van der Waals surface area (Å²) in [6, 6.07) is 2.58. The van der Waals surface area contributed by atoms with Crippen LogP contribution in [-0.2, 0) is 10.9 Å². The summed E-state index contributed by atoms with van der Waals surface area (Å²) >= 11 is 4.48. The van der Waals surface area contributed by atoms with Gasteiger partial charge in [-0.05, 0) is 18.2 Å². The van der Waals surface area contributed by atoms with E-state index in [-0.39, 0.29) is 11.3 Å². The first-order valence-electron chi connectivity index (χ1n) is 4.67. The van der Waals surface area contributed by atoms with Gasteiger partial charge in [0.1, 0.15) is 0 Å². The predicted octanol–water partition coefficient (Wildman–Crippen LogP) is 3.19. The number of carbonyl (C=O) groups is 1. The van der Waals surface area contributed by atoms with E-state index in [1.807, 2.05) is 0 Å². The number of esters is 1. The molecule has 1 aromatic rings. The first-order chi connectivity index (χ1) is 8.40. The van der Waals surface area contributed by atoms with Crippen molar-refractivity contribution in [3.8, 4) is 0 Å². The number of methoxy groups -OCH3 is 1. The van der Waals surface area contributed by atoms with Crippen LogP contribution in [0, 0.1) is 0 Å². The number of alkyl halides is 3. The fourth-order valence-electron chi connectivity index (χ4n) is 1.21. The third kappa shape index (κ3) is 3.36. The molecule has 0 atom stereocenters. The van der Waals surface area contributed by atoms with Crippen LogP contribution in [0.25, 0.3) is 0 Å². The molecule has 18 heavy (non-hydrogen) atoms. The van der Waals surface area contributed by atoms with E-state index in [1.165, 1.54) is 0 Å². The average molecular weight is 275 g/mol. The minimum Gasteiger partial charge on any atom is -0.465 e. The number of thiocarbonyl (C=S) groups is 1. The molecule has 0 spiro atoms. The van der Waals surface area contributed by atoms with Crippen molar-refractivity contribution < 1.29 is 22.7 Å². The molecule has 1 aromatic carbocycles. The second kappa shape index (κ2) is 5.72. The van der Waals surface area contributed by atoms with Gasteiger partial charge in [0.25, 0.3) is 0 Å². The Morgan fingerprint density at radius 1 is 1.44 bits per heavy atom. The molecule has 0 N–H and O–H groups in total. The fourth-order valence-corrected chi connectivity index (χ4v) is 1.27. The maximum Gasteiger partial charge on any atom is 0.416 e. The van der Waals surface area contributed by atoms with Crippen molar-refractivity contribution in [2.24, 2.45) is 4.99 Å². The summed E-state index contributed by atoms with van der Waals surface area (Å²) < 4.78 is 42.0. The molecule has 0 aromatic heterocycles. The summed E-state index contributed by atoms with van der Waals surface area (Å²) in [5.74, 6) is -0.764. The summed E-state index contributed by atoms with van der Waals surface area (Å²) in [6.07, 6.45) is -3.38. The molecule has 0 aliphatic rings. The van der Waals surface area contributed by atoms with Gasteiger partial charge in [0.15, 0.2) is 0 Å². The van der Waals surface area contributed by atoms with Crippen LogP contribution in [0.4, 0.5) is 18.9 Å². The van der Waals surface area contributed by atoms with Crippen LogP contribution >= 0.6 is 12.2 Å². The van der Waals surface area contributed by atoms with E-state index in [4.69, 9.17) is 0 Å². The largest absolute Gasteiger partial charge is 0.465 e. The molecule has 0 radical (unpaired) electrons. The molecule has 7 heteroatoms. The fraction of sp³-hybridized carbons (Fsp3) is 0.182. The molecule has 0 saturated heterocycles. The highest BCUT2D eigenvalue weighted by Gasteiger charge is 2.31. The molecule has 3 nitrogen and oxygen atoms in total. The second-order valence-electron chi connectivity index (χ2n) is 3.14. The molecule has 0 aliphatic heterocycles. The van der Waals surface area contributed by atoms with E-state index in [0.717, 1.165) is 36.9 Å². The summed E-state index contributed by atoms with van der Waals surface area (Å²) in [7, 11) is 1.13. The monoisotopic (exact) mass is 275 g/mol. The topological polar surface area (TPSA) is 38.7 Å². The summed E-state index contributed by atoms with van der Waals surface area (Å²) in [4.78, 5) is 15.0. The maximum atomic E-state index is 12.5. The van der Waals surface area contributed by atoms with Gasteiger partial charge in [0.2, 0.25) is 0 Å². The van der Waals surface area contributed by atoms with Gasteiger partial charge in [0, 0.05) is 11.6 Å². The number of benzene rings is 1. The van der Waals surface area contributed by atoms with E-state index < -0.39 is 17.7 Å². The van der Waals surface area contributed by atoms with Crippen molar-refractivity contribution in [2.75, 3.05) is 7.11 Å². The van der Waals surface area contributed by atoms with Crippen LogP contribution in [0.15, 0.2) is 23.2 Å². The molecule has 0 fully saturated rings. The van der Waals surface area contributed by atoms with E-state index in [0.29, 0.717) is 0 Å². The molecule has 0 amide bonds. The first kappa shape index (κ1) is 14.3. The number of hydrogen-bond acceptors (Lipinski definition) is 4. The van der Waals surface area contributed by atoms with E-state index in [2.05, 4.69) is 21.9 Å². The lowest BCUT2D eigenvalue weighted by atomic mass is 10.1. The molecule has 0 unspecified atom stereocenters. The average Bonchev–Trinajstić information content (AvgIpc) is 2.34. The Hall–Kier alpha value is -1.76. The Morgan fingerprint density at radius 2 is 2.11 bits per heavy atom. The lowest BCUT2D eigenvalue weighted by molar-refractivity contribution is -0.137. The Morgan fingerprint density at radius 3 is 2.61 bits per heavy atom. The van der Waals surface area contributed by atoms with E-state index in [9.17, 15) is 18.0 Å². The lowest BCUT2D eigenvalue weighted by Crippen LogP contribution is -2.07. The Bertz CT molecular complexity index is 498. The summed E-state index contributed by atoms with van der Waals surface area (Å²) in [5.41, 5.74) is -1.09. The SMILES string of the molecule is COC(=O)c1ccc(C(F)(F)F)cc1N=CC=S. The summed E-state index contributed by atoms with van der Waals surface area (Å²) in [5, 5.41) is 1.13. The molecule has 0 aliphatic carbocycles. The lowest BCUT2D eigenvalue weighted by Gasteiger charge is -2.09. The normalized spacial score (nSPS) is 11.6. The standard InChI is InChI=1S/C11H8F3NO2S/c1-17-10(16)8-3-2-7(11(12,13)14)6-9(8)15-4-5-18/h2-6H,1H3. The van der Waals surface area contributed by atoms with Gasteiger partial charge in [-0.15, -0.1) is 0 Å². The van der Waals surface area contributed by atoms with Gasteiger partial charge in [0.05, 0.1) is 23.9 Å². The van der Waals surface area contributed by atoms with Crippen molar-refractivity contribution in [2.45, 2.75) is 6.18 Å². The zero-order chi connectivity index (χ0) is 13.8. The highest BCUT2D eigenvalue weighted by atomic mass is 32.1. The molecule has 1 rings (SSSR count). The Labute approximate surface area is 106 Å². The number of nitrogens with zero attached hydrogens (tertiary/aromatic N) is 1.